The first kappa shape index (κ1) is 28.3. The highest BCUT2D eigenvalue weighted by molar-refractivity contribution is 6.08. The Hall–Kier alpha value is -5.22. The highest BCUT2D eigenvalue weighted by atomic mass is 14.8. The van der Waals surface area contributed by atoms with E-state index in [2.05, 4.69) is 151 Å². The van der Waals surface area contributed by atoms with Crippen LogP contribution in [0.2, 0.25) is 0 Å². The highest BCUT2D eigenvalue weighted by Crippen LogP contribution is 2.36. The van der Waals surface area contributed by atoms with Crippen molar-refractivity contribution in [3.05, 3.63) is 121 Å². The molecule has 0 aliphatic heterocycles. The molecule has 0 fully saturated rings. The van der Waals surface area contributed by atoms with E-state index in [1.54, 1.807) is 0 Å². The van der Waals surface area contributed by atoms with Crippen LogP contribution in [0.25, 0.3) is 76.9 Å². The summed E-state index contributed by atoms with van der Waals surface area (Å²) in [6, 6.07) is 38.7. The van der Waals surface area contributed by atoms with Gasteiger partial charge in [0.1, 0.15) is 0 Å². The minimum atomic E-state index is -0.0476. The van der Waals surface area contributed by atoms with Gasteiger partial charge in [-0.3, -0.25) is 0 Å². The van der Waals surface area contributed by atoms with Gasteiger partial charge in [-0.25, -0.2) is 19.9 Å². The minimum absolute atomic E-state index is 0.0476. The molecule has 8 aromatic rings. The fourth-order valence-electron chi connectivity index (χ4n) is 6.43. The molecule has 0 aliphatic carbocycles. The highest BCUT2D eigenvalue weighted by Gasteiger charge is 2.19. The fourth-order valence-corrected chi connectivity index (χ4v) is 6.43. The molecule has 0 aliphatic rings. The van der Waals surface area contributed by atoms with Gasteiger partial charge in [0.15, 0.2) is 0 Å². The summed E-state index contributed by atoms with van der Waals surface area (Å²) in [5.74, 6) is 0. The van der Waals surface area contributed by atoms with E-state index >= 15 is 0 Å². The number of rotatable bonds is 2. The van der Waals surface area contributed by atoms with Crippen LogP contribution in [0, 0.1) is 0 Å². The molecule has 4 aromatic carbocycles. The predicted molar refractivity (Wildman–Crippen MR) is 193 cm³/mol. The van der Waals surface area contributed by atoms with Gasteiger partial charge in [-0.05, 0) is 35.0 Å². The second-order valence-electron chi connectivity index (χ2n) is 14.4. The zero-order valence-corrected chi connectivity index (χ0v) is 27.2. The molecule has 0 bridgehead atoms. The summed E-state index contributed by atoms with van der Waals surface area (Å²) in [6.45, 7) is 13.2. The molecule has 0 saturated carbocycles. The molecule has 4 nitrogen and oxygen atoms in total. The standard InChI is InChI=1S/C42H36N4/c1-41(2,3)35-23-19-27-15-13-25-17-21-33(43-37(25)39(27)45-35)31-11-7-10-30-29(31)9-8-12-32(30)34-22-18-26-14-16-28-20-24-36(42(4,5)6)46-40(28)38(26)44-34/h7-24H,1-6H3. The Morgan fingerprint density at radius 2 is 0.674 bits per heavy atom. The Kier molecular flexibility index (Phi) is 6.24. The molecule has 0 spiro atoms. The maximum atomic E-state index is 5.27. The van der Waals surface area contributed by atoms with Crippen molar-refractivity contribution in [2.45, 2.75) is 52.4 Å². The second kappa shape index (κ2) is 10.1. The van der Waals surface area contributed by atoms with Gasteiger partial charge in [-0.2, -0.15) is 0 Å². The molecule has 0 unspecified atom stereocenters. The summed E-state index contributed by atoms with van der Waals surface area (Å²) in [5.41, 5.74) is 9.84. The summed E-state index contributed by atoms with van der Waals surface area (Å²) < 4.78 is 0. The van der Waals surface area contributed by atoms with Crippen LogP contribution in [0.1, 0.15) is 52.9 Å². The second-order valence-corrected chi connectivity index (χ2v) is 14.4. The van der Waals surface area contributed by atoms with E-state index in [0.29, 0.717) is 0 Å². The van der Waals surface area contributed by atoms with Crippen molar-refractivity contribution in [2.75, 3.05) is 0 Å². The van der Waals surface area contributed by atoms with Gasteiger partial charge in [-0.15, -0.1) is 0 Å². The largest absolute Gasteiger partial charge is 0.250 e. The van der Waals surface area contributed by atoms with Crippen LogP contribution in [-0.2, 0) is 10.8 Å². The van der Waals surface area contributed by atoms with Crippen LogP contribution in [-0.4, -0.2) is 19.9 Å². The molecule has 46 heavy (non-hydrogen) atoms. The number of benzene rings is 4. The number of hydrogen-bond acceptors (Lipinski definition) is 4. The van der Waals surface area contributed by atoms with E-state index in [-0.39, 0.29) is 10.8 Å². The molecule has 224 valence electrons. The van der Waals surface area contributed by atoms with Crippen LogP contribution >= 0.6 is 0 Å². The van der Waals surface area contributed by atoms with Crippen molar-refractivity contribution in [3.8, 4) is 22.5 Å². The van der Waals surface area contributed by atoms with Crippen LogP contribution < -0.4 is 0 Å². The van der Waals surface area contributed by atoms with Crippen molar-refractivity contribution in [2.24, 2.45) is 0 Å². The summed E-state index contributed by atoms with van der Waals surface area (Å²) in [7, 11) is 0. The zero-order chi connectivity index (χ0) is 31.8. The Morgan fingerprint density at radius 3 is 1.04 bits per heavy atom. The Balaban J connectivity index is 1.31. The van der Waals surface area contributed by atoms with Crippen LogP contribution in [0.5, 0.6) is 0 Å². The minimum Gasteiger partial charge on any atom is -0.250 e. The third kappa shape index (κ3) is 4.68. The molecule has 0 N–H and O–H groups in total. The number of fused-ring (bicyclic) bond motifs is 7. The number of aromatic nitrogens is 4. The Morgan fingerprint density at radius 1 is 0.348 bits per heavy atom. The van der Waals surface area contributed by atoms with Gasteiger partial charge < -0.3 is 0 Å². The average Bonchev–Trinajstić information content (AvgIpc) is 3.05. The molecule has 4 aromatic heterocycles. The first-order chi connectivity index (χ1) is 22.0. The van der Waals surface area contributed by atoms with Crippen molar-refractivity contribution in [3.63, 3.8) is 0 Å². The average molecular weight is 597 g/mol. The van der Waals surface area contributed by atoms with E-state index in [9.17, 15) is 0 Å². The van der Waals surface area contributed by atoms with Crippen LogP contribution in [0.15, 0.2) is 109 Å². The summed E-state index contributed by atoms with van der Waals surface area (Å²) in [4.78, 5) is 20.8. The maximum Gasteiger partial charge on any atom is 0.0972 e. The lowest BCUT2D eigenvalue weighted by Crippen LogP contribution is -2.13. The predicted octanol–water partition coefficient (Wildman–Crippen LogP) is 11.0. The molecular formula is C42H36N4. The normalized spacial score (nSPS) is 12.6. The van der Waals surface area contributed by atoms with Gasteiger partial charge in [-0.1, -0.05) is 126 Å². The molecule has 0 saturated heterocycles. The van der Waals surface area contributed by atoms with Crippen molar-refractivity contribution in [1.29, 1.82) is 0 Å². The van der Waals surface area contributed by atoms with Gasteiger partial charge in [0, 0.05) is 54.9 Å². The molecule has 0 radical (unpaired) electrons. The first-order valence-corrected chi connectivity index (χ1v) is 16.0. The van der Waals surface area contributed by atoms with Crippen LogP contribution in [0.4, 0.5) is 0 Å². The third-order valence-corrected chi connectivity index (χ3v) is 9.05. The lowest BCUT2D eigenvalue weighted by atomic mass is 9.91. The van der Waals surface area contributed by atoms with Gasteiger partial charge >= 0.3 is 0 Å². The molecule has 0 atom stereocenters. The maximum absolute atomic E-state index is 5.27. The molecule has 0 amide bonds. The SMILES string of the molecule is CC(C)(C)c1ccc2ccc3ccc(-c4cccc5c(-c6ccc7ccc8ccc(C(C)(C)C)nc8c7n6)cccc45)nc3c2n1. The number of nitrogens with zero attached hydrogens (tertiary/aromatic N) is 4. The molecule has 4 heteroatoms. The van der Waals surface area contributed by atoms with E-state index in [0.717, 1.165) is 88.3 Å². The monoisotopic (exact) mass is 596 g/mol. The summed E-state index contributed by atoms with van der Waals surface area (Å²) >= 11 is 0. The van der Waals surface area contributed by atoms with Crippen LogP contribution in [0.3, 0.4) is 0 Å². The van der Waals surface area contributed by atoms with Gasteiger partial charge in [0.05, 0.1) is 33.5 Å². The van der Waals surface area contributed by atoms with Gasteiger partial charge in [0.2, 0.25) is 0 Å². The van der Waals surface area contributed by atoms with Crippen molar-refractivity contribution in [1.82, 2.24) is 19.9 Å². The molecular weight excluding hydrogens is 560 g/mol. The Bertz CT molecular complexity index is 2320. The van der Waals surface area contributed by atoms with Gasteiger partial charge in [0.25, 0.3) is 0 Å². The quantitative estimate of drug-likeness (QED) is 0.186. The lowest BCUT2D eigenvalue weighted by molar-refractivity contribution is 0.571. The van der Waals surface area contributed by atoms with Crippen molar-refractivity contribution < 1.29 is 0 Å². The number of hydrogen-bond donors (Lipinski definition) is 0. The first-order valence-electron chi connectivity index (χ1n) is 16.0. The van der Waals surface area contributed by atoms with Crippen molar-refractivity contribution >= 4 is 54.4 Å². The topological polar surface area (TPSA) is 51.6 Å². The van der Waals surface area contributed by atoms with E-state index < -0.39 is 0 Å². The lowest BCUT2D eigenvalue weighted by Gasteiger charge is -2.18. The fraction of sp³-hybridized carbons (Fsp3) is 0.190. The molecule has 8 rings (SSSR count). The van der Waals surface area contributed by atoms with E-state index in [1.807, 2.05) is 0 Å². The zero-order valence-electron chi connectivity index (χ0n) is 27.2. The summed E-state index contributed by atoms with van der Waals surface area (Å²) in [6.07, 6.45) is 0. The Labute approximate surface area is 269 Å². The molecule has 4 heterocycles. The summed E-state index contributed by atoms with van der Waals surface area (Å²) in [5, 5.41) is 6.67. The third-order valence-electron chi connectivity index (χ3n) is 9.05. The van der Waals surface area contributed by atoms with E-state index in [4.69, 9.17) is 19.9 Å². The number of pyridine rings is 4. The smallest absolute Gasteiger partial charge is 0.0972 e. The van der Waals surface area contributed by atoms with E-state index in [1.165, 1.54) is 0 Å².